The summed E-state index contributed by atoms with van der Waals surface area (Å²) in [6.45, 7) is 6.37. The Balaban J connectivity index is 1.83. The second kappa shape index (κ2) is 11.4. The quantitative estimate of drug-likeness (QED) is 0.639. The maximum Gasteiger partial charge on any atom is 0.253 e. The van der Waals surface area contributed by atoms with E-state index < -0.39 is 0 Å². The molecule has 2 rings (SSSR count). The number of benzene rings is 2. The van der Waals surface area contributed by atoms with Gasteiger partial charge in [-0.15, -0.1) is 0 Å². The van der Waals surface area contributed by atoms with E-state index in [1.807, 2.05) is 44.0 Å². The first-order valence-corrected chi connectivity index (χ1v) is 10.1. The number of amides is 2. The zero-order valence-electron chi connectivity index (χ0n) is 17.2. The molecule has 1 N–H and O–H groups in total. The minimum absolute atomic E-state index is 0.0417. The molecule has 2 aromatic rings. The highest BCUT2D eigenvalue weighted by molar-refractivity contribution is 6.32. The second-order valence-corrected chi connectivity index (χ2v) is 7.03. The first-order valence-electron chi connectivity index (χ1n) is 9.69. The smallest absolute Gasteiger partial charge is 0.253 e. The molecule has 0 aliphatic heterocycles. The van der Waals surface area contributed by atoms with Gasteiger partial charge < -0.3 is 15.0 Å². The summed E-state index contributed by atoms with van der Waals surface area (Å²) in [7, 11) is 1.84. The Kier molecular flexibility index (Phi) is 8.96. The van der Waals surface area contributed by atoms with Gasteiger partial charge in [0.05, 0.1) is 11.6 Å². The van der Waals surface area contributed by atoms with Crippen LogP contribution in [0.3, 0.4) is 0 Å². The number of halogens is 1. The van der Waals surface area contributed by atoms with Crippen LogP contribution in [0.5, 0.6) is 5.75 Å². The summed E-state index contributed by atoms with van der Waals surface area (Å²) in [5.41, 5.74) is 1.17. The van der Waals surface area contributed by atoms with E-state index in [9.17, 15) is 9.59 Å². The van der Waals surface area contributed by atoms with Crippen LogP contribution in [-0.2, 0) is 4.79 Å². The summed E-state index contributed by atoms with van der Waals surface area (Å²) in [5.74, 6) is 0.430. The molecular formula is C22H28ClN3O3. The van der Waals surface area contributed by atoms with E-state index in [4.69, 9.17) is 16.3 Å². The van der Waals surface area contributed by atoms with Gasteiger partial charge in [-0.2, -0.15) is 0 Å². The molecule has 29 heavy (non-hydrogen) atoms. The van der Waals surface area contributed by atoms with E-state index in [0.717, 1.165) is 0 Å². The molecule has 0 saturated carbocycles. The SMILES string of the molecule is CCN(CC)C(=O)c1cccc(NC(=O)CN(C)CCOc2ccccc2Cl)c1. The fraction of sp³-hybridized carbons (Fsp3) is 0.364. The number of carbonyl (C=O) groups is 2. The zero-order valence-corrected chi connectivity index (χ0v) is 17.9. The Morgan fingerprint density at radius 1 is 1.07 bits per heavy atom. The summed E-state index contributed by atoms with van der Waals surface area (Å²) in [4.78, 5) is 28.4. The number of para-hydroxylation sites is 1. The number of ether oxygens (including phenoxy) is 1. The molecule has 0 unspecified atom stereocenters. The molecule has 0 spiro atoms. The van der Waals surface area contributed by atoms with Crippen molar-refractivity contribution in [3.63, 3.8) is 0 Å². The predicted octanol–water partition coefficient (Wildman–Crippen LogP) is 3.77. The molecule has 2 amide bonds. The molecule has 0 aliphatic carbocycles. The predicted molar refractivity (Wildman–Crippen MR) is 117 cm³/mol. The summed E-state index contributed by atoms with van der Waals surface area (Å²) < 4.78 is 5.65. The minimum atomic E-state index is -0.155. The van der Waals surface area contributed by atoms with Gasteiger partial charge in [0.15, 0.2) is 0 Å². The van der Waals surface area contributed by atoms with E-state index >= 15 is 0 Å². The maximum atomic E-state index is 12.5. The Morgan fingerprint density at radius 3 is 2.48 bits per heavy atom. The molecule has 7 heteroatoms. The van der Waals surface area contributed by atoms with Crippen molar-refractivity contribution in [2.75, 3.05) is 45.2 Å². The zero-order chi connectivity index (χ0) is 21.2. The minimum Gasteiger partial charge on any atom is -0.491 e. The topological polar surface area (TPSA) is 61.9 Å². The lowest BCUT2D eigenvalue weighted by Crippen LogP contribution is -2.33. The van der Waals surface area contributed by atoms with Gasteiger partial charge in [0.1, 0.15) is 12.4 Å². The molecule has 6 nitrogen and oxygen atoms in total. The largest absolute Gasteiger partial charge is 0.491 e. The summed E-state index contributed by atoms with van der Waals surface area (Å²) in [6, 6.07) is 14.3. The number of carbonyl (C=O) groups excluding carboxylic acids is 2. The monoisotopic (exact) mass is 417 g/mol. The Hall–Kier alpha value is -2.57. The van der Waals surface area contributed by atoms with Crippen LogP contribution in [0.4, 0.5) is 5.69 Å². The first-order chi connectivity index (χ1) is 13.9. The summed E-state index contributed by atoms with van der Waals surface area (Å²) >= 11 is 6.06. The third-order valence-electron chi connectivity index (χ3n) is 4.42. The van der Waals surface area contributed by atoms with Crippen molar-refractivity contribution in [2.45, 2.75) is 13.8 Å². The van der Waals surface area contributed by atoms with E-state index in [0.29, 0.717) is 48.3 Å². The number of anilines is 1. The van der Waals surface area contributed by atoms with Crippen LogP contribution in [0.1, 0.15) is 24.2 Å². The highest BCUT2D eigenvalue weighted by Crippen LogP contribution is 2.22. The van der Waals surface area contributed by atoms with Gasteiger partial charge in [0, 0.05) is 30.9 Å². The van der Waals surface area contributed by atoms with Crippen LogP contribution in [0.25, 0.3) is 0 Å². The molecule has 0 radical (unpaired) electrons. The number of rotatable bonds is 10. The highest BCUT2D eigenvalue weighted by Gasteiger charge is 2.14. The van der Waals surface area contributed by atoms with Crippen LogP contribution in [0.15, 0.2) is 48.5 Å². The number of nitrogens with one attached hydrogen (secondary N) is 1. The second-order valence-electron chi connectivity index (χ2n) is 6.62. The summed E-state index contributed by atoms with van der Waals surface area (Å²) in [6.07, 6.45) is 0. The fourth-order valence-corrected chi connectivity index (χ4v) is 3.01. The van der Waals surface area contributed by atoms with Crippen molar-refractivity contribution in [3.8, 4) is 5.75 Å². The molecular weight excluding hydrogens is 390 g/mol. The molecule has 0 aromatic heterocycles. The number of likely N-dealkylation sites (N-methyl/N-ethyl adjacent to an activating group) is 1. The van der Waals surface area contributed by atoms with E-state index in [2.05, 4.69) is 5.32 Å². The number of hydrogen-bond acceptors (Lipinski definition) is 4. The van der Waals surface area contributed by atoms with Crippen LogP contribution < -0.4 is 10.1 Å². The normalized spacial score (nSPS) is 10.7. The van der Waals surface area contributed by atoms with Crippen LogP contribution in [-0.4, -0.2) is 61.4 Å². The van der Waals surface area contributed by atoms with Crippen molar-refractivity contribution < 1.29 is 14.3 Å². The van der Waals surface area contributed by atoms with E-state index in [1.165, 1.54) is 0 Å². The van der Waals surface area contributed by atoms with Crippen LogP contribution in [0.2, 0.25) is 5.02 Å². The molecule has 0 heterocycles. The van der Waals surface area contributed by atoms with E-state index in [1.54, 1.807) is 35.2 Å². The van der Waals surface area contributed by atoms with Crippen molar-refractivity contribution >= 4 is 29.1 Å². The van der Waals surface area contributed by atoms with Gasteiger partial charge in [0.2, 0.25) is 5.91 Å². The lowest BCUT2D eigenvalue weighted by molar-refractivity contribution is -0.117. The van der Waals surface area contributed by atoms with Gasteiger partial charge >= 0.3 is 0 Å². The molecule has 156 valence electrons. The van der Waals surface area contributed by atoms with Gasteiger partial charge in [-0.25, -0.2) is 0 Å². The molecule has 0 atom stereocenters. The average Bonchev–Trinajstić information content (AvgIpc) is 2.70. The lowest BCUT2D eigenvalue weighted by Gasteiger charge is -2.19. The summed E-state index contributed by atoms with van der Waals surface area (Å²) in [5, 5.41) is 3.41. The molecule has 0 fully saturated rings. The number of nitrogens with zero attached hydrogens (tertiary/aromatic N) is 2. The molecule has 0 aliphatic rings. The first kappa shape index (κ1) is 22.7. The third kappa shape index (κ3) is 7.07. The molecule has 2 aromatic carbocycles. The maximum absolute atomic E-state index is 12.5. The lowest BCUT2D eigenvalue weighted by atomic mass is 10.1. The molecule has 0 bridgehead atoms. The third-order valence-corrected chi connectivity index (χ3v) is 4.74. The van der Waals surface area contributed by atoms with Crippen molar-refractivity contribution in [3.05, 3.63) is 59.1 Å². The Bertz CT molecular complexity index is 824. The van der Waals surface area contributed by atoms with Crippen LogP contribution in [0, 0.1) is 0 Å². The highest BCUT2D eigenvalue weighted by atomic mass is 35.5. The van der Waals surface area contributed by atoms with Gasteiger partial charge in [-0.1, -0.05) is 29.8 Å². The van der Waals surface area contributed by atoms with Gasteiger partial charge in [-0.3, -0.25) is 14.5 Å². The molecule has 0 saturated heterocycles. The van der Waals surface area contributed by atoms with Crippen molar-refractivity contribution in [1.29, 1.82) is 0 Å². The van der Waals surface area contributed by atoms with Gasteiger partial charge in [-0.05, 0) is 51.2 Å². The Morgan fingerprint density at radius 2 is 1.79 bits per heavy atom. The average molecular weight is 418 g/mol. The van der Waals surface area contributed by atoms with Crippen molar-refractivity contribution in [2.24, 2.45) is 0 Å². The number of hydrogen-bond donors (Lipinski definition) is 1. The fourth-order valence-electron chi connectivity index (χ4n) is 2.82. The van der Waals surface area contributed by atoms with Crippen molar-refractivity contribution in [1.82, 2.24) is 9.80 Å². The Labute approximate surface area is 177 Å². The van der Waals surface area contributed by atoms with Crippen LogP contribution >= 0.6 is 11.6 Å². The van der Waals surface area contributed by atoms with Gasteiger partial charge in [0.25, 0.3) is 5.91 Å². The van der Waals surface area contributed by atoms with E-state index in [-0.39, 0.29) is 18.4 Å². The standard InChI is InChI=1S/C22H28ClN3O3/c1-4-26(5-2)22(28)17-9-8-10-18(15-17)24-21(27)16-25(3)13-14-29-20-12-7-6-11-19(20)23/h6-12,15H,4-5,13-14,16H2,1-3H3,(H,24,27).